The summed E-state index contributed by atoms with van der Waals surface area (Å²) in [5.74, 6) is -1.18. The van der Waals surface area contributed by atoms with Gasteiger partial charge in [-0.3, -0.25) is 18.6 Å². The molecule has 0 aromatic carbocycles. The van der Waals surface area contributed by atoms with Gasteiger partial charge in [-0.25, -0.2) is 4.57 Å². The van der Waals surface area contributed by atoms with E-state index in [1.165, 1.54) is 64.2 Å². The first kappa shape index (κ1) is 54.8. The summed E-state index contributed by atoms with van der Waals surface area (Å²) in [4.78, 5) is 36.1. The van der Waals surface area contributed by atoms with Crippen LogP contribution in [0, 0.1) is 0 Å². The van der Waals surface area contributed by atoms with E-state index < -0.39 is 113 Å². The summed E-state index contributed by atoms with van der Waals surface area (Å²) in [5, 5.41) is 72.8. The molecule has 1 aliphatic carbocycles. The van der Waals surface area contributed by atoms with Crippen molar-refractivity contribution in [1.29, 1.82) is 0 Å². The van der Waals surface area contributed by atoms with Crippen molar-refractivity contribution < 1.29 is 82.8 Å². The zero-order valence-electron chi connectivity index (χ0n) is 35.9. The number of phosphoric acid groups is 1. The fraction of sp³-hybridized carbons (Fsp3) is 0.951. The van der Waals surface area contributed by atoms with Gasteiger partial charge in [0.25, 0.3) is 0 Å². The first-order chi connectivity index (χ1) is 28.7. The normalized spacial score (nSPS) is 29.8. The minimum Gasteiger partial charge on any atom is -0.462 e. The third-order valence-electron chi connectivity index (χ3n) is 11.1. The molecule has 0 bridgehead atoms. The summed E-state index contributed by atoms with van der Waals surface area (Å²) in [5.41, 5.74) is 5.89. The Balaban J connectivity index is 1.98. The number of unbranched alkanes of at least 4 members (excludes halogenated alkanes) is 18. The standard InChI is InChI=1S/C41H78NO17P/c1-3-5-7-9-11-13-15-17-19-21-23-30(44)54-26-28(56-31(45)24-22-20-18-16-14-12-10-8-6-4-2)27-55-60(52,53)59-40-37(50)35(48)36(49)39(38(40)51)58-41-32(42)34(47)33(46)29(25-43)57-41/h28-29,32-41,43,46-51H,3-27,42H2,1-2H3,(H,52,53)/t28-,29-,32-,33+,34-,35+,36+,37+,38+,39-,40-,41-/m1/s1. The van der Waals surface area contributed by atoms with Gasteiger partial charge < -0.3 is 65.3 Å². The molecule has 0 aromatic rings. The van der Waals surface area contributed by atoms with Crippen molar-refractivity contribution in [3.05, 3.63) is 0 Å². The van der Waals surface area contributed by atoms with E-state index in [2.05, 4.69) is 13.8 Å². The molecule has 18 nitrogen and oxygen atoms in total. The summed E-state index contributed by atoms with van der Waals surface area (Å²) in [6.07, 6.45) is 1.38. The Kier molecular flexibility index (Phi) is 28.0. The van der Waals surface area contributed by atoms with Gasteiger partial charge in [0.15, 0.2) is 12.4 Å². The van der Waals surface area contributed by atoms with E-state index >= 15 is 0 Å². The van der Waals surface area contributed by atoms with Crippen LogP contribution in [0.3, 0.4) is 0 Å². The number of aliphatic hydroxyl groups is 7. The fourth-order valence-electron chi connectivity index (χ4n) is 7.34. The number of hydrogen-bond acceptors (Lipinski definition) is 17. The van der Waals surface area contributed by atoms with Gasteiger partial charge in [-0.05, 0) is 12.8 Å². The van der Waals surface area contributed by atoms with E-state index in [-0.39, 0.29) is 12.8 Å². The summed E-state index contributed by atoms with van der Waals surface area (Å²) < 4.78 is 45.1. The van der Waals surface area contributed by atoms with Gasteiger partial charge in [0.2, 0.25) is 0 Å². The van der Waals surface area contributed by atoms with Gasteiger partial charge >= 0.3 is 19.8 Å². The molecule has 19 heteroatoms. The Morgan fingerprint density at radius 2 is 1.08 bits per heavy atom. The first-order valence-corrected chi connectivity index (χ1v) is 23.9. The van der Waals surface area contributed by atoms with Gasteiger partial charge in [0.05, 0.1) is 19.3 Å². The third kappa shape index (κ3) is 20.4. The summed E-state index contributed by atoms with van der Waals surface area (Å²) in [7, 11) is -5.29. The molecular formula is C41H78NO17P. The predicted octanol–water partition coefficient (Wildman–Crippen LogP) is 3.17. The van der Waals surface area contributed by atoms with Crippen LogP contribution in [-0.2, 0) is 42.1 Å². The van der Waals surface area contributed by atoms with Crippen LogP contribution >= 0.6 is 7.82 Å². The van der Waals surface area contributed by atoms with Crippen LogP contribution in [0.15, 0.2) is 0 Å². The van der Waals surface area contributed by atoms with E-state index in [0.29, 0.717) is 12.8 Å². The molecule has 10 N–H and O–H groups in total. The molecule has 13 atom stereocenters. The summed E-state index contributed by atoms with van der Waals surface area (Å²) in [6, 6.07) is -1.48. The number of esters is 2. The van der Waals surface area contributed by atoms with Crippen molar-refractivity contribution in [1.82, 2.24) is 0 Å². The second-order valence-electron chi connectivity index (χ2n) is 16.3. The Labute approximate surface area is 356 Å². The lowest BCUT2D eigenvalue weighted by atomic mass is 9.84. The van der Waals surface area contributed by atoms with Crippen LogP contribution in [0.25, 0.3) is 0 Å². The number of carbonyl (C=O) groups is 2. The second-order valence-corrected chi connectivity index (χ2v) is 17.7. The van der Waals surface area contributed by atoms with Crippen molar-refractivity contribution in [2.75, 3.05) is 19.8 Å². The number of rotatable bonds is 33. The smallest absolute Gasteiger partial charge is 0.462 e. The maximum atomic E-state index is 13.2. The largest absolute Gasteiger partial charge is 0.472 e. The van der Waals surface area contributed by atoms with Crippen molar-refractivity contribution in [3.8, 4) is 0 Å². The molecule has 0 spiro atoms. The average Bonchev–Trinajstić information content (AvgIpc) is 3.22. The maximum Gasteiger partial charge on any atom is 0.472 e. The number of carbonyl (C=O) groups excluding carboxylic acids is 2. The molecule has 0 aromatic heterocycles. The van der Waals surface area contributed by atoms with E-state index in [1.807, 2.05) is 0 Å². The Morgan fingerprint density at radius 3 is 1.58 bits per heavy atom. The number of aliphatic hydroxyl groups excluding tert-OH is 7. The van der Waals surface area contributed by atoms with Crippen LogP contribution in [-0.4, -0.2) is 146 Å². The monoisotopic (exact) mass is 888 g/mol. The van der Waals surface area contributed by atoms with Crippen LogP contribution < -0.4 is 5.73 Å². The van der Waals surface area contributed by atoms with Gasteiger partial charge in [-0.1, -0.05) is 129 Å². The highest BCUT2D eigenvalue weighted by Gasteiger charge is 2.55. The lowest BCUT2D eigenvalue weighted by Crippen LogP contribution is -2.68. The van der Waals surface area contributed by atoms with E-state index in [1.54, 1.807) is 0 Å². The van der Waals surface area contributed by atoms with Crippen LogP contribution in [0.5, 0.6) is 0 Å². The topological polar surface area (TPSA) is 294 Å². The van der Waals surface area contributed by atoms with Gasteiger partial charge in [0, 0.05) is 12.8 Å². The molecule has 0 radical (unpaired) electrons. The zero-order chi connectivity index (χ0) is 44.5. The van der Waals surface area contributed by atoms with Crippen molar-refractivity contribution in [3.63, 3.8) is 0 Å². The minimum absolute atomic E-state index is 0.0539. The molecule has 1 saturated carbocycles. The van der Waals surface area contributed by atoms with Gasteiger partial charge in [0.1, 0.15) is 61.5 Å². The lowest BCUT2D eigenvalue weighted by molar-refractivity contribution is -0.315. The van der Waals surface area contributed by atoms with Crippen LogP contribution in [0.4, 0.5) is 0 Å². The molecule has 354 valence electrons. The van der Waals surface area contributed by atoms with Gasteiger partial charge in [-0.2, -0.15) is 0 Å². The molecule has 2 rings (SSSR count). The molecule has 60 heavy (non-hydrogen) atoms. The molecule has 2 fully saturated rings. The molecule has 1 unspecified atom stereocenters. The fourth-order valence-corrected chi connectivity index (χ4v) is 8.31. The molecule has 0 amide bonds. The van der Waals surface area contributed by atoms with Crippen molar-refractivity contribution in [2.45, 2.75) is 228 Å². The SMILES string of the molecule is CCCCCCCCCCCCC(=O)OC[C@H](COP(=O)(O)O[C@H]1[C@@H](O)[C@H](O[C@H]2O[C@H](CO)[C@H](O)[C@H](O)[C@H]2N)[C@@H](O)[C@H](O)[C@@H]1O)OC(=O)CCCCCCCCCCCC. The summed E-state index contributed by atoms with van der Waals surface area (Å²) in [6.45, 7) is 2.30. The van der Waals surface area contributed by atoms with E-state index in [9.17, 15) is 54.8 Å². The third-order valence-corrected chi connectivity index (χ3v) is 12.1. The predicted molar refractivity (Wildman–Crippen MR) is 219 cm³/mol. The molecular weight excluding hydrogens is 809 g/mol. The minimum atomic E-state index is -5.29. The van der Waals surface area contributed by atoms with E-state index in [4.69, 9.17) is 33.7 Å². The second kappa shape index (κ2) is 30.7. The summed E-state index contributed by atoms with van der Waals surface area (Å²) >= 11 is 0. The molecule has 2 aliphatic rings. The zero-order valence-corrected chi connectivity index (χ0v) is 36.8. The maximum absolute atomic E-state index is 13.2. The Hall–Kier alpha value is -1.35. The lowest BCUT2D eigenvalue weighted by Gasteiger charge is -2.47. The van der Waals surface area contributed by atoms with Crippen LogP contribution in [0.1, 0.15) is 155 Å². The highest BCUT2D eigenvalue weighted by atomic mass is 31.2. The molecule has 1 saturated heterocycles. The number of phosphoric ester groups is 1. The highest BCUT2D eigenvalue weighted by molar-refractivity contribution is 7.47. The van der Waals surface area contributed by atoms with Gasteiger partial charge in [-0.15, -0.1) is 0 Å². The number of hydrogen-bond donors (Lipinski definition) is 9. The molecule has 1 heterocycles. The first-order valence-electron chi connectivity index (χ1n) is 22.4. The highest BCUT2D eigenvalue weighted by Crippen LogP contribution is 2.47. The molecule has 1 aliphatic heterocycles. The number of ether oxygens (including phenoxy) is 4. The number of nitrogens with two attached hydrogens (primary N) is 1. The van der Waals surface area contributed by atoms with Crippen molar-refractivity contribution in [2.24, 2.45) is 5.73 Å². The van der Waals surface area contributed by atoms with Crippen LogP contribution in [0.2, 0.25) is 0 Å². The quantitative estimate of drug-likeness (QED) is 0.0260. The van der Waals surface area contributed by atoms with E-state index in [0.717, 1.165) is 51.4 Å². The average molecular weight is 888 g/mol. The Bertz CT molecular complexity index is 1200. The van der Waals surface area contributed by atoms with Crippen molar-refractivity contribution >= 4 is 19.8 Å². The Morgan fingerprint density at radius 1 is 0.617 bits per heavy atom.